The normalized spacial score (nSPS) is 19.9. The van der Waals surface area contributed by atoms with E-state index < -0.39 is 26.3 Å². The van der Waals surface area contributed by atoms with Crippen LogP contribution in [-0.2, 0) is 30.6 Å². The largest absolute Gasteiger partial charge is 0.486 e. The zero-order chi connectivity index (χ0) is 27.2. The topological polar surface area (TPSA) is 120 Å². The predicted molar refractivity (Wildman–Crippen MR) is 140 cm³/mol. The Bertz CT molecular complexity index is 1270. The fourth-order valence-corrected chi connectivity index (χ4v) is 4.79. The van der Waals surface area contributed by atoms with E-state index in [2.05, 4.69) is 17.1 Å². The first-order valence-electron chi connectivity index (χ1n) is 12.3. The lowest BCUT2D eigenvalue weighted by atomic mass is 10.0. The van der Waals surface area contributed by atoms with Gasteiger partial charge >= 0.3 is 6.09 Å². The molecular formula is C26H36N4O6S. The van der Waals surface area contributed by atoms with Crippen molar-refractivity contribution in [3.63, 3.8) is 0 Å². The highest BCUT2D eigenvalue weighted by Crippen LogP contribution is 2.44. The fourth-order valence-electron chi connectivity index (χ4n) is 4.30. The number of alkyl carbamates (subject to hydrolysis) is 1. The average molecular weight is 533 g/mol. The number of anilines is 1. The number of amides is 1. The standard InChI is InChI=1S/C26H36N4O6S/c1-16-13-34-14-19-15-35-20-21(26(5,6)37(7,32)33)28-22(29-23(20)30(16)19)18-10-8-17(9-11-18)12-27-24(31)36-25(2,3)4/h8-11,16,19H,12-15H2,1-7H3,(H,27,31)/t16-,19+/m1/s1. The molecule has 202 valence electrons. The number of carbonyl (C=O) groups is 1. The van der Waals surface area contributed by atoms with Crippen LogP contribution in [0.2, 0.25) is 0 Å². The Morgan fingerprint density at radius 2 is 1.78 bits per heavy atom. The molecule has 1 aromatic heterocycles. The summed E-state index contributed by atoms with van der Waals surface area (Å²) >= 11 is 0. The number of hydrogen-bond donors (Lipinski definition) is 1. The van der Waals surface area contributed by atoms with Gasteiger partial charge in [0.15, 0.2) is 27.2 Å². The second kappa shape index (κ2) is 9.75. The molecule has 1 saturated heterocycles. The van der Waals surface area contributed by atoms with E-state index in [4.69, 9.17) is 24.2 Å². The molecule has 1 amide bonds. The minimum absolute atomic E-state index is 0.0190. The van der Waals surface area contributed by atoms with Gasteiger partial charge in [0.05, 0.1) is 25.3 Å². The first-order valence-corrected chi connectivity index (χ1v) is 14.2. The lowest BCUT2D eigenvalue weighted by molar-refractivity contribution is 0.0482. The van der Waals surface area contributed by atoms with Gasteiger partial charge in [0, 0.05) is 18.4 Å². The molecule has 3 heterocycles. The summed E-state index contributed by atoms with van der Waals surface area (Å²) in [7, 11) is -3.53. The van der Waals surface area contributed by atoms with E-state index in [9.17, 15) is 13.2 Å². The fraction of sp³-hybridized carbons (Fsp3) is 0.577. The molecule has 0 radical (unpaired) electrons. The van der Waals surface area contributed by atoms with Crippen LogP contribution in [0.25, 0.3) is 11.4 Å². The van der Waals surface area contributed by atoms with Crippen molar-refractivity contribution in [1.29, 1.82) is 0 Å². The van der Waals surface area contributed by atoms with Gasteiger partial charge in [-0.25, -0.2) is 23.2 Å². The number of nitrogens with one attached hydrogen (secondary N) is 1. The highest BCUT2D eigenvalue weighted by Gasteiger charge is 2.43. The molecule has 2 aliphatic heterocycles. The molecule has 2 atom stereocenters. The van der Waals surface area contributed by atoms with Crippen molar-refractivity contribution in [3.05, 3.63) is 35.5 Å². The Hall–Kier alpha value is -2.92. The Morgan fingerprint density at radius 3 is 2.41 bits per heavy atom. The molecule has 2 aromatic rings. The van der Waals surface area contributed by atoms with E-state index in [1.54, 1.807) is 13.8 Å². The SMILES string of the molecule is C[C@@H]1COC[C@H]2COc3c(nc(-c4ccc(CNC(=O)OC(C)(C)C)cc4)nc3C(C)(C)S(C)(=O)=O)N21. The van der Waals surface area contributed by atoms with Crippen molar-refractivity contribution in [2.45, 2.75) is 70.5 Å². The molecule has 1 fully saturated rings. The maximum Gasteiger partial charge on any atom is 0.407 e. The van der Waals surface area contributed by atoms with Crippen LogP contribution in [0.4, 0.5) is 10.6 Å². The molecule has 1 aromatic carbocycles. The van der Waals surface area contributed by atoms with Gasteiger partial charge in [-0.3, -0.25) is 0 Å². The maximum atomic E-state index is 12.8. The van der Waals surface area contributed by atoms with E-state index in [1.807, 2.05) is 45.0 Å². The number of fused-ring (bicyclic) bond motifs is 3. The molecule has 0 unspecified atom stereocenters. The Labute approximate surface area is 218 Å². The smallest absolute Gasteiger partial charge is 0.407 e. The van der Waals surface area contributed by atoms with Gasteiger partial charge in [0.25, 0.3) is 0 Å². The quantitative estimate of drug-likeness (QED) is 0.617. The highest BCUT2D eigenvalue weighted by atomic mass is 32.2. The number of aromatic nitrogens is 2. The molecule has 0 saturated carbocycles. The molecular weight excluding hydrogens is 496 g/mol. The average Bonchev–Trinajstić information content (AvgIpc) is 2.80. The number of ether oxygens (including phenoxy) is 3. The predicted octanol–water partition coefficient (Wildman–Crippen LogP) is 3.43. The van der Waals surface area contributed by atoms with Crippen molar-refractivity contribution in [2.75, 3.05) is 31.0 Å². The van der Waals surface area contributed by atoms with Crippen molar-refractivity contribution in [3.8, 4) is 17.1 Å². The van der Waals surface area contributed by atoms with Crippen LogP contribution in [0.1, 0.15) is 52.8 Å². The van der Waals surface area contributed by atoms with Gasteiger partial charge in [-0.1, -0.05) is 24.3 Å². The van der Waals surface area contributed by atoms with E-state index in [1.165, 1.54) is 6.26 Å². The van der Waals surface area contributed by atoms with Crippen LogP contribution >= 0.6 is 0 Å². The summed E-state index contributed by atoms with van der Waals surface area (Å²) in [4.78, 5) is 23.8. The number of rotatable bonds is 5. The summed E-state index contributed by atoms with van der Waals surface area (Å²) in [5.41, 5.74) is 1.35. The molecule has 4 rings (SSSR count). The molecule has 0 bridgehead atoms. The van der Waals surface area contributed by atoms with Crippen LogP contribution in [-0.4, -0.2) is 68.2 Å². The van der Waals surface area contributed by atoms with Crippen molar-refractivity contribution < 1.29 is 27.4 Å². The molecule has 2 aliphatic rings. The van der Waals surface area contributed by atoms with Crippen LogP contribution in [0, 0.1) is 0 Å². The van der Waals surface area contributed by atoms with Crippen LogP contribution in [0.5, 0.6) is 5.75 Å². The van der Waals surface area contributed by atoms with Crippen LogP contribution in [0.15, 0.2) is 24.3 Å². The number of benzene rings is 1. The summed E-state index contributed by atoms with van der Waals surface area (Å²) in [6, 6.07) is 7.47. The van der Waals surface area contributed by atoms with Gasteiger partial charge in [-0.2, -0.15) is 0 Å². The zero-order valence-electron chi connectivity index (χ0n) is 22.5. The van der Waals surface area contributed by atoms with Gasteiger partial charge < -0.3 is 24.4 Å². The van der Waals surface area contributed by atoms with E-state index >= 15 is 0 Å². The number of nitrogens with zero attached hydrogens (tertiary/aromatic N) is 3. The summed E-state index contributed by atoms with van der Waals surface area (Å²) in [6.07, 6.45) is 0.716. The lowest BCUT2D eigenvalue weighted by Gasteiger charge is -2.45. The maximum absolute atomic E-state index is 12.8. The Morgan fingerprint density at radius 1 is 1.11 bits per heavy atom. The molecule has 11 heteroatoms. The monoisotopic (exact) mass is 532 g/mol. The summed E-state index contributed by atoms with van der Waals surface area (Å²) in [5, 5.41) is 2.74. The third-order valence-electron chi connectivity index (χ3n) is 6.59. The first-order chi connectivity index (χ1) is 17.2. The number of morpholine rings is 1. The van der Waals surface area contributed by atoms with Gasteiger partial charge in [0.1, 0.15) is 22.6 Å². The second-order valence-electron chi connectivity index (χ2n) is 11.1. The summed E-state index contributed by atoms with van der Waals surface area (Å²) in [5.74, 6) is 1.39. The highest BCUT2D eigenvalue weighted by molar-refractivity contribution is 7.91. The molecule has 1 N–H and O–H groups in total. The van der Waals surface area contributed by atoms with Crippen molar-refractivity contribution in [2.24, 2.45) is 0 Å². The third-order valence-corrected chi connectivity index (χ3v) is 8.64. The Balaban J connectivity index is 1.71. The number of sulfone groups is 1. The van der Waals surface area contributed by atoms with E-state index in [0.717, 1.165) is 11.1 Å². The molecule has 0 aliphatic carbocycles. The van der Waals surface area contributed by atoms with Gasteiger partial charge in [-0.05, 0) is 47.1 Å². The van der Waals surface area contributed by atoms with Crippen LogP contribution < -0.4 is 15.0 Å². The molecule has 37 heavy (non-hydrogen) atoms. The molecule has 10 nitrogen and oxygen atoms in total. The number of carbonyl (C=O) groups excluding carboxylic acids is 1. The number of hydrogen-bond acceptors (Lipinski definition) is 9. The second-order valence-corrected chi connectivity index (χ2v) is 13.7. The third kappa shape index (κ3) is 5.67. The van der Waals surface area contributed by atoms with E-state index in [-0.39, 0.29) is 12.1 Å². The molecule has 0 spiro atoms. The minimum atomic E-state index is -3.53. The summed E-state index contributed by atoms with van der Waals surface area (Å²) < 4.78 is 41.4. The summed E-state index contributed by atoms with van der Waals surface area (Å²) in [6.45, 7) is 12.5. The van der Waals surface area contributed by atoms with E-state index in [0.29, 0.717) is 49.5 Å². The lowest BCUT2D eigenvalue weighted by Crippen LogP contribution is -2.56. The first kappa shape index (κ1) is 27.1. The van der Waals surface area contributed by atoms with Crippen LogP contribution in [0.3, 0.4) is 0 Å². The zero-order valence-corrected chi connectivity index (χ0v) is 23.3. The van der Waals surface area contributed by atoms with Crippen molar-refractivity contribution >= 4 is 21.7 Å². The van der Waals surface area contributed by atoms with Crippen molar-refractivity contribution in [1.82, 2.24) is 15.3 Å². The Kier molecular flexibility index (Phi) is 7.15. The van der Waals surface area contributed by atoms with Gasteiger partial charge in [-0.15, -0.1) is 0 Å². The van der Waals surface area contributed by atoms with Gasteiger partial charge in [0.2, 0.25) is 0 Å². The minimum Gasteiger partial charge on any atom is -0.486 e.